The van der Waals surface area contributed by atoms with Gasteiger partial charge in [0.2, 0.25) is 5.91 Å². The summed E-state index contributed by atoms with van der Waals surface area (Å²) in [7, 11) is 0. The first-order valence-corrected chi connectivity index (χ1v) is 4.02. The van der Waals surface area contributed by atoms with Crippen molar-refractivity contribution in [1.29, 1.82) is 0 Å². The molecule has 0 atom stereocenters. The van der Waals surface area contributed by atoms with Crippen LogP contribution in [0.5, 0.6) is 0 Å². The second-order valence-corrected chi connectivity index (χ2v) is 2.73. The number of nitrogens with one attached hydrogen (secondary N) is 1. The second kappa shape index (κ2) is 4.13. The summed E-state index contributed by atoms with van der Waals surface area (Å²) in [6.07, 6.45) is 6.57. The maximum absolute atomic E-state index is 10.8. The van der Waals surface area contributed by atoms with Crippen molar-refractivity contribution >= 4 is 5.91 Å². The minimum atomic E-state index is -0.0850. The van der Waals surface area contributed by atoms with Crippen molar-refractivity contribution in [2.75, 3.05) is 6.54 Å². The predicted molar refractivity (Wildman–Crippen MR) is 43.7 cm³/mol. The average molecular weight is 154 g/mol. The van der Waals surface area contributed by atoms with Crippen LogP contribution in [0, 0.1) is 0 Å². The molecule has 3 heteroatoms. The SMILES string of the molecule is NCC(=O)NC1=CCCCC1. The molecule has 0 unspecified atom stereocenters. The fourth-order valence-electron chi connectivity index (χ4n) is 1.18. The Kier molecular flexibility index (Phi) is 3.11. The van der Waals surface area contributed by atoms with E-state index < -0.39 is 0 Å². The van der Waals surface area contributed by atoms with E-state index >= 15 is 0 Å². The smallest absolute Gasteiger partial charge is 0.237 e. The highest BCUT2D eigenvalue weighted by molar-refractivity contribution is 5.79. The lowest BCUT2D eigenvalue weighted by atomic mass is 10.1. The van der Waals surface area contributed by atoms with Crippen LogP contribution in [0.3, 0.4) is 0 Å². The number of carbonyl (C=O) groups is 1. The van der Waals surface area contributed by atoms with Gasteiger partial charge in [-0.1, -0.05) is 6.08 Å². The standard InChI is InChI=1S/C8H14N2O/c9-6-8(11)10-7-4-2-1-3-5-7/h4H,1-3,5-6,9H2,(H,10,11). The quantitative estimate of drug-likeness (QED) is 0.609. The predicted octanol–water partition coefficient (Wildman–Crippen LogP) is 0.519. The normalized spacial score (nSPS) is 17.4. The van der Waals surface area contributed by atoms with Crippen LogP contribution in [0.15, 0.2) is 11.8 Å². The van der Waals surface area contributed by atoms with Crippen molar-refractivity contribution in [2.45, 2.75) is 25.7 Å². The van der Waals surface area contributed by atoms with Gasteiger partial charge in [-0.15, -0.1) is 0 Å². The molecule has 0 aliphatic heterocycles. The molecule has 62 valence electrons. The van der Waals surface area contributed by atoms with E-state index in [9.17, 15) is 4.79 Å². The van der Waals surface area contributed by atoms with Gasteiger partial charge in [0.25, 0.3) is 0 Å². The number of nitrogens with two attached hydrogens (primary N) is 1. The molecule has 3 nitrogen and oxygen atoms in total. The van der Waals surface area contributed by atoms with Crippen molar-refractivity contribution < 1.29 is 4.79 Å². The third-order valence-electron chi connectivity index (χ3n) is 1.78. The van der Waals surface area contributed by atoms with E-state index in [1.54, 1.807) is 0 Å². The van der Waals surface area contributed by atoms with Gasteiger partial charge in [0.05, 0.1) is 6.54 Å². The van der Waals surface area contributed by atoms with Crippen molar-refractivity contribution in [3.8, 4) is 0 Å². The maximum atomic E-state index is 10.8. The summed E-state index contributed by atoms with van der Waals surface area (Å²) in [5.41, 5.74) is 6.20. The van der Waals surface area contributed by atoms with Crippen molar-refractivity contribution in [3.05, 3.63) is 11.8 Å². The summed E-state index contributed by atoms with van der Waals surface area (Å²) in [6, 6.07) is 0. The first-order chi connectivity index (χ1) is 5.33. The van der Waals surface area contributed by atoms with Gasteiger partial charge < -0.3 is 11.1 Å². The zero-order valence-corrected chi connectivity index (χ0v) is 6.60. The van der Waals surface area contributed by atoms with Crippen LogP contribution in [-0.4, -0.2) is 12.5 Å². The molecule has 0 saturated carbocycles. The summed E-state index contributed by atoms with van der Waals surface area (Å²) < 4.78 is 0. The van der Waals surface area contributed by atoms with E-state index in [0.29, 0.717) is 0 Å². The van der Waals surface area contributed by atoms with Gasteiger partial charge in [-0.25, -0.2) is 0 Å². The van der Waals surface area contributed by atoms with Crippen LogP contribution in [0.25, 0.3) is 0 Å². The first kappa shape index (κ1) is 8.27. The van der Waals surface area contributed by atoms with Crippen LogP contribution in [0.1, 0.15) is 25.7 Å². The Balaban J connectivity index is 2.35. The number of carbonyl (C=O) groups excluding carboxylic acids is 1. The van der Waals surface area contributed by atoms with Crippen molar-refractivity contribution in [1.82, 2.24) is 5.32 Å². The molecule has 3 N–H and O–H groups in total. The molecule has 0 aromatic carbocycles. The molecule has 0 bridgehead atoms. The van der Waals surface area contributed by atoms with Gasteiger partial charge in [-0.3, -0.25) is 4.79 Å². The Morgan fingerprint density at radius 2 is 2.45 bits per heavy atom. The highest BCUT2D eigenvalue weighted by Crippen LogP contribution is 2.14. The molecule has 1 aliphatic rings. The monoisotopic (exact) mass is 154 g/mol. The molecular formula is C8H14N2O. The molecule has 1 aliphatic carbocycles. The first-order valence-electron chi connectivity index (χ1n) is 4.02. The lowest BCUT2D eigenvalue weighted by Crippen LogP contribution is -2.30. The molecule has 0 aromatic rings. The molecule has 0 heterocycles. The van der Waals surface area contributed by atoms with E-state index in [2.05, 4.69) is 11.4 Å². The second-order valence-electron chi connectivity index (χ2n) is 2.73. The van der Waals surface area contributed by atoms with Crippen LogP contribution >= 0.6 is 0 Å². The van der Waals surface area contributed by atoms with E-state index in [-0.39, 0.29) is 12.5 Å². The Hall–Kier alpha value is -0.830. The average Bonchev–Trinajstić information content (AvgIpc) is 2.06. The lowest BCUT2D eigenvalue weighted by molar-refractivity contribution is -0.119. The van der Waals surface area contributed by atoms with Gasteiger partial charge >= 0.3 is 0 Å². The summed E-state index contributed by atoms with van der Waals surface area (Å²) in [4.78, 5) is 10.8. The molecule has 0 aromatic heterocycles. The number of hydrogen-bond donors (Lipinski definition) is 2. The molecule has 0 spiro atoms. The molecule has 11 heavy (non-hydrogen) atoms. The van der Waals surface area contributed by atoms with Crippen LogP contribution in [-0.2, 0) is 4.79 Å². The summed E-state index contributed by atoms with van der Waals surface area (Å²) in [6.45, 7) is 0.0807. The van der Waals surface area contributed by atoms with Crippen molar-refractivity contribution in [3.63, 3.8) is 0 Å². The molecule has 0 fully saturated rings. The molecular weight excluding hydrogens is 140 g/mol. The number of allylic oxidation sites excluding steroid dienone is 2. The van der Waals surface area contributed by atoms with Crippen LogP contribution in [0.4, 0.5) is 0 Å². The van der Waals surface area contributed by atoms with Crippen LogP contribution in [0.2, 0.25) is 0 Å². The third-order valence-corrected chi connectivity index (χ3v) is 1.78. The van der Waals surface area contributed by atoms with Crippen LogP contribution < -0.4 is 11.1 Å². The van der Waals surface area contributed by atoms with Gasteiger partial charge in [0.1, 0.15) is 0 Å². The summed E-state index contributed by atoms with van der Waals surface area (Å²) >= 11 is 0. The Bertz CT molecular complexity index is 175. The minimum absolute atomic E-state index is 0.0807. The number of hydrogen-bond acceptors (Lipinski definition) is 2. The Labute approximate surface area is 66.6 Å². The zero-order chi connectivity index (χ0) is 8.10. The summed E-state index contributed by atoms with van der Waals surface area (Å²) in [5.74, 6) is -0.0850. The molecule has 1 amide bonds. The van der Waals surface area contributed by atoms with Gasteiger partial charge in [0, 0.05) is 5.70 Å². The lowest BCUT2D eigenvalue weighted by Gasteiger charge is -2.12. The number of rotatable bonds is 2. The van der Waals surface area contributed by atoms with E-state index in [1.165, 1.54) is 12.8 Å². The largest absolute Gasteiger partial charge is 0.329 e. The highest BCUT2D eigenvalue weighted by atomic mass is 16.1. The van der Waals surface area contributed by atoms with E-state index in [4.69, 9.17) is 5.73 Å². The summed E-state index contributed by atoms with van der Waals surface area (Å²) in [5, 5.41) is 2.77. The third kappa shape index (κ3) is 2.72. The zero-order valence-electron chi connectivity index (χ0n) is 6.60. The van der Waals surface area contributed by atoms with E-state index in [0.717, 1.165) is 18.5 Å². The molecule has 0 saturated heterocycles. The van der Waals surface area contributed by atoms with Crippen molar-refractivity contribution in [2.24, 2.45) is 5.73 Å². The minimum Gasteiger partial charge on any atom is -0.329 e. The topological polar surface area (TPSA) is 55.1 Å². The Morgan fingerprint density at radius 1 is 1.64 bits per heavy atom. The molecule has 1 rings (SSSR count). The number of amides is 1. The highest BCUT2D eigenvalue weighted by Gasteiger charge is 2.05. The molecule has 0 radical (unpaired) electrons. The van der Waals surface area contributed by atoms with Gasteiger partial charge in [-0.05, 0) is 25.7 Å². The fourth-order valence-corrected chi connectivity index (χ4v) is 1.18. The maximum Gasteiger partial charge on any atom is 0.237 e. The fraction of sp³-hybridized carbons (Fsp3) is 0.625. The van der Waals surface area contributed by atoms with E-state index in [1.807, 2.05) is 0 Å². The Morgan fingerprint density at radius 3 is 3.00 bits per heavy atom. The van der Waals surface area contributed by atoms with Gasteiger partial charge in [-0.2, -0.15) is 0 Å². The van der Waals surface area contributed by atoms with Gasteiger partial charge in [0.15, 0.2) is 0 Å².